The van der Waals surface area contributed by atoms with Gasteiger partial charge in [-0.2, -0.15) is 5.10 Å². The Balaban J connectivity index is 1.48. The number of hydrogen-bond acceptors (Lipinski definition) is 7. The lowest BCUT2D eigenvalue weighted by Gasteiger charge is -2.20. The number of rotatable bonds is 4. The lowest BCUT2D eigenvalue weighted by molar-refractivity contribution is -0.134. The number of amides is 1. The predicted octanol–water partition coefficient (Wildman–Crippen LogP) is 3.02. The summed E-state index contributed by atoms with van der Waals surface area (Å²) in [5.74, 6) is 0.893. The van der Waals surface area contributed by atoms with E-state index >= 15 is 0 Å². The zero-order valence-corrected chi connectivity index (χ0v) is 15.3. The van der Waals surface area contributed by atoms with Crippen LogP contribution in [0.5, 0.6) is 0 Å². The summed E-state index contributed by atoms with van der Waals surface area (Å²) < 4.78 is 12.2. The highest BCUT2D eigenvalue weighted by atomic mass is 32.1. The lowest BCUT2D eigenvalue weighted by atomic mass is 10.1. The molecule has 5 rings (SSSR count). The zero-order valence-electron chi connectivity index (χ0n) is 14.5. The van der Waals surface area contributed by atoms with Crippen LogP contribution in [0.25, 0.3) is 10.2 Å². The van der Waals surface area contributed by atoms with E-state index < -0.39 is 6.04 Å². The van der Waals surface area contributed by atoms with Crippen LogP contribution in [0, 0.1) is 0 Å². The average molecular weight is 394 g/mol. The van der Waals surface area contributed by atoms with Crippen LogP contribution in [0.4, 0.5) is 0 Å². The Morgan fingerprint density at radius 2 is 2.07 bits per heavy atom. The zero-order chi connectivity index (χ0) is 19.1. The second-order valence-electron chi connectivity index (χ2n) is 6.31. The first-order valence-corrected chi connectivity index (χ1v) is 9.48. The van der Waals surface area contributed by atoms with Gasteiger partial charge in [0.05, 0.1) is 24.2 Å². The number of fused-ring (bicyclic) bond motifs is 1. The highest BCUT2D eigenvalue weighted by Gasteiger charge is 2.35. The minimum absolute atomic E-state index is 0.163. The Hall–Kier alpha value is -3.46. The van der Waals surface area contributed by atoms with Crippen LogP contribution in [-0.4, -0.2) is 26.2 Å². The molecule has 0 saturated heterocycles. The monoisotopic (exact) mass is 394 g/mol. The summed E-state index contributed by atoms with van der Waals surface area (Å²) in [6.45, 7) is -0.163. The Kier molecular flexibility index (Phi) is 3.94. The molecule has 1 amide bonds. The van der Waals surface area contributed by atoms with Crippen molar-refractivity contribution >= 4 is 33.2 Å². The number of thiophene rings is 1. The highest BCUT2D eigenvalue weighted by molar-refractivity contribution is 7.16. The molecule has 4 aromatic rings. The molecule has 0 fully saturated rings. The third-order valence-electron chi connectivity index (χ3n) is 4.60. The summed E-state index contributed by atoms with van der Waals surface area (Å²) in [5, 5.41) is 8.13. The van der Waals surface area contributed by atoms with Gasteiger partial charge in [0.15, 0.2) is 0 Å². The van der Waals surface area contributed by atoms with Crippen molar-refractivity contribution in [3.63, 3.8) is 0 Å². The summed E-state index contributed by atoms with van der Waals surface area (Å²) in [6, 6.07) is 8.45. The fourth-order valence-corrected chi connectivity index (χ4v) is 3.98. The van der Waals surface area contributed by atoms with Crippen molar-refractivity contribution < 1.29 is 13.6 Å². The standard InChI is InChI=1S/C19H14N4O4S/c24-17(10-22-11-20-18-12(19(22)25)5-8-28-18)23-14(16-4-2-7-27-16)9-13(21-23)15-3-1-6-26-15/h1-8,11,14H,9-10H2. The Morgan fingerprint density at radius 1 is 1.21 bits per heavy atom. The molecule has 0 saturated carbocycles. The highest BCUT2D eigenvalue weighted by Crippen LogP contribution is 2.33. The number of carbonyl (C=O) groups excluding carboxylic acids is 1. The van der Waals surface area contributed by atoms with Crippen LogP contribution in [0.1, 0.15) is 24.0 Å². The molecule has 0 radical (unpaired) electrons. The predicted molar refractivity (Wildman–Crippen MR) is 102 cm³/mol. The SMILES string of the molecule is O=C(Cn1cnc2sccc2c1=O)N1N=C(c2ccco2)CC1c1ccco1. The summed E-state index contributed by atoms with van der Waals surface area (Å²) in [6.07, 6.45) is 4.98. The van der Waals surface area contributed by atoms with Crippen molar-refractivity contribution in [1.82, 2.24) is 14.6 Å². The normalized spacial score (nSPS) is 16.6. The molecule has 0 spiro atoms. The third-order valence-corrected chi connectivity index (χ3v) is 5.42. The van der Waals surface area contributed by atoms with Crippen molar-refractivity contribution in [1.29, 1.82) is 0 Å². The van der Waals surface area contributed by atoms with Crippen molar-refractivity contribution in [2.45, 2.75) is 19.0 Å². The number of furan rings is 2. The van der Waals surface area contributed by atoms with E-state index in [0.717, 1.165) is 0 Å². The van der Waals surface area contributed by atoms with Gasteiger partial charge in [-0.1, -0.05) is 0 Å². The van der Waals surface area contributed by atoms with E-state index in [-0.39, 0.29) is 18.0 Å². The molecule has 140 valence electrons. The van der Waals surface area contributed by atoms with E-state index in [4.69, 9.17) is 8.83 Å². The van der Waals surface area contributed by atoms with Gasteiger partial charge in [-0.05, 0) is 35.7 Å². The quantitative estimate of drug-likeness (QED) is 0.530. The van der Waals surface area contributed by atoms with Crippen LogP contribution >= 0.6 is 11.3 Å². The van der Waals surface area contributed by atoms with E-state index in [1.54, 1.807) is 48.2 Å². The van der Waals surface area contributed by atoms with Crippen molar-refractivity contribution in [3.05, 3.63) is 76.4 Å². The molecule has 0 aliphatic carbocycles. The summed E-state index contributed by atoms with van der Waals surface area (Å²) >= 11 is 1.39. The fourth-order valence-electron chi connectivity index (χ4n) is 3.26. The first-order chi connectivity index (χ1) is 13.7. The number of hydrogen-bond donors (Lipinski definition) is 0. The largest absolute Gasteiger partial charge is 0.467 e. The Morgan fingerprint density at radius 3 is 2.86 bits per heavy atom. The van der Waals surface area contributed by atoms with E-state index in [0.29, 0.717) is 33.9 Å². The van der Waals surface area contributed by atoms with Crippen LogP contribution in [-0.2, 0) is 11.3 Å². The van der Waals surface area contributed by atoms with Crippen LogP contribution < -0.4 is 5.56 Å². The molecular formula is C19H14N4O4S. The van der Waals surface area contributed by atoms with Gasteiger partial charge < -0.3 is 8.83 Å². The summed E-state index contributed by atoms with van der Waals surface area (Å²) in [4.78, 5) is 30.5. The molecule has 0 N–H and O–H groups in total. The first kappa shape index (κ1) is 16.7. The lowest BCUT2D eigenvalue weighted by Crippen LogP contribution is -2.33. The fraction of sp³-hybridized carbons (Fsp3) is 0.158. The Labute approximate surface area is 162 Å². The minimum atomic E-state index is -0.392. The maximum absolute atomic E-state index is 13.0. The van der Waals surface area contributed by atoms with Gasteiger partial charge in [-0.15, -0.1) is 11.3 Å². The third kappa shape index (κ3) is 2.76. The minimum Gasteiger partial charge on any atom is -0.467 e. The maximum Gasteiger partial charge on any atom is 0.263 e. The van der Waals surface area contributed by atoms with Gasteiger partial charge in [-0.3, -0.25) is 14.2 Å². The number of aromatic nitrogens is 2. The molecule has 0 bridgehead atoms. The molecule has 28 heavy (non-hydrogen) atoms. The number of carbonyl (C=O) groups is 1. The molecule has 1 atom stereocenters. The molecule has 9 heteroatoms. The van der Waals surface area contributed by atoms with Gasteiger partial charge in [-0.25, -0.2) is 9.99 Å². The topological polar surface area (TPSA) is 93.8 Å². The summed E-state index contributed by atoms with van der Waals surface area (Å²) in [7, 11) is 0. The van der Waals surface area contributed by atoms with E-state index in [1.165, 1.54) is 27.2 Å². The first-order valence-electron chi connectivity index (χ1n) is 8.60. The number of nitrogens with zero attached hydrogens (tertiary/aromatic N) is 4. The second-order valence-corrected chi connectivity index (χ2v) is 7.21. The second kappa shape index (κ2) is 6.61. The molecule has 1 aliphatic heterocycles. The molecule has 0 aromatic carbocycles. The van der Waals surface area contributed by atoms with Gasteiger partial charge in [0.2, 0.25) is 0 Å². The maximum atomic E-state index is 13.0. The smallest absolute Gasteiger partial charge is 0.263 e. The molecule has 8 nitrogen and oxygen atoms in total. The molecular weight excluding hydrogens is 380 g/mol. The molecule has 1 aliphatic rings. The average Bonchev–Trinajstić information content (AvgIpc) is 3.48. The van der Waals surface area contributed by atoms with Crippen molar-refractivity contribution in [3.8, 4) is 0 Å². The molecule has 4 aromatic heterocycles. The van der Waals surface area contributed by atoms with E-state index in [9.17, 15) is 9.59 Å². The number of hydrazone groups is 1. The van der Waals surface area contributed by atoms with Crippen molar-refractivity contribution in [2.24, 2.45) is 5.10 Å². The van der Waals surface area contributed by atoms with Gasteiger partial charge in [0, 0.05) is 6.42 Å². The van der Waals surface area contributed by atoms with Gasteiger partial charge in [0.1, 0.15) is 34.6 Å². The summed E-state index contributed by atoms with van der Waals surface area (Å²) in [5.41, 5.74) is 0.405. The van der Waals surface area contributed by atoms with Crippen LogP contribution in [0.15, 0.2) is 73.3 Å². The Bertz CT molecular complexity index is 1220. The van der Waals surface area contributed by atoms with Crippen LogP contribution in [0.2, 0.25) is 0 Å². The van der Waals surface area contributed by atoms with Gasteiger partial charge in [0.25, 0.3) is 11.5 Å². The van der Waals surface area contributed by atoms with E-state index in [1.807, 2.05) is 0 Å². The van der Waals surface area contributed by atoms with E-state index in [2.05, 4.69) is 10.1 Å². The molecule has 1 unspecified atom stereocenters. The molecule has 5 heterocycles. The van der Waals surface area contributed by atoms with Crippen LogP contribution in [0.3, 0.4) is 0 Å². The van der Waals surface area contributed by atoms with Gasteiger partial charge >= 0.3 is 0 Å². The van der Waals surface area contributed by atoms with Crippen molar-refractivity contribution in [2.75, 3.05) is 0 Å².